The number of hydrogen-bond donors (Lipinski definition) is 0. The number of benzene rings is 1. The molecule has 1 nitrogen and oxygen atoms in total. The molecule has 1 aliphatic heterocycles. The number of hydrogen-bond acceptors (Lipinski definition) is 1. The fraction of sp³-hybridized carbons (Fsp3) is 0.500. The molecule has 0 saturated carbocycles. The first kappa shape index (κ1) is 12.2. The zero-order valence-corrected chi connectivity index (χ0v) is 10.4. The van der Waals surface area contributed by atoms with Crippen molar-refractivity contribution in [3.8, 4) is 12.3 Å². The first-order valence-electron chi connectivity index (χ1n) is 6.61. The van der Waals surface area contributed by atoms with Gasteiger partial charge in [-0.2, -0.15) is 0 Å². The molecule has 1 heteroatoms. The highest BCUT2D eigenvalue weighted by Crippen LogP contribution is 2.22. The minimum absolute atomic E-state index is 0.694. The first-order chi connectivity index (χ1) is 8.40. The molecule has 1 aromatic carbocycles. The number of nitrogens with zero attached hydrogens (tertiary/aromatic N) is 1. The van der Waals surface area contributed by atoms with Crippen LogP contribution < -0.4 is 0 Å². The summed E-state index contributed by atoms with van der Waals surface area (Å²) in [6, 6.07) is 11.4. The third-order valence-corrected chi connectivity index (χ3v) is 3.60. The Balaban J connectivity index is 1.94. The summed E-state index contributed by atoms with van der Waals surface area (Å²) < 4.78 is 0. The molecular weight excluding hydrogens is 206 g/mol. The van der Waals surface area contributed by atoms with Crippen LogP contribution in [0.25, 0.3) is 0 Å². The van der Waals surface area contributed by atoms with Gasteiger partial charge in [0.15, 0.2) is 0 Å². The van der Waals surface area contributed by atoms with Crippen molar-refractivity contribution in [1.82, 2.24) is 4.90 Å². The quantitative estimate of drug-likeness (QED) is 0.712. The molecule has 0 aromatic heterocycles. The van der Waals surface area contributed by atoms with E-state index in [-0.39, 0.29) is 0 Å². The van der Waals surface area contributed by atoms with Crippen molar-refractivity contribution in [2.75, 3.05) is 6.54 Å². The third-order valence-electron chi connectivity index (χ3n) is 3.60. The van der Waals surface area contributed by atoms with E-state index in [0.717, 1.165) is 19.4 Å². The zero-order valence-electron chi connectivity index (χ0n) is 10.4. The van der Waals surface area contributed by atoms with Gasteiger partial charge in [0, 0.05) is 19.0 Å². The largest absolute Gasteiger partial charge is 0.296 e. The minimum atomic E-state index is 0.694. The van der Waals surface area contributed by atoms with E-state index >= 15 is 0 Å². The standard InChI is InChI=1S/C16H21N/c1-2-3-11-16-12-7-8-13-17(16)14-15-9-5-4-6-10-15/h1,4-6,9-10,16H,3,7-8,11-14H2. The van der Waals surface area contributed by atoms with Crippen LogP contribution in [0.2, 0.25) is 0 Å². The Labute approximate surface area is 105 Å². The summed E-state index contributed by atoms with van der Waals surface area (Å²) in [6.07, 6.45) is 11.5. The third kappa shape index (κ3) is 3.61. The van der Waals surface area contributed by atoms with Gasteiger partial charge in [0.2, 0.25) is 0 Å². The molecular formula is C16H21N. The van der Waals surface area contributed by atoms with Gasteiger partial charge in [-0.25, -0.2) is 0 Å². The van der Waals surface area contributed by atoms with Gasteiger partial charge in [-0.05, 0) is 31.4 Å². The van der Waals surface area contributed by atoms with Crippen LogP contribution in [-0.2, 0) is 6.54 Å². The van der Waals surface area contributed by atoms with E-state index in [4.69, 9.17) is 6.42 Å². The van der Waals surface area contributed by atoms with Gasteiger partial charge in [-0.3, -0.25) is 4.90 Å². The molecule has 0 spiro atoms. The van der Waals surface area contributed by atoms with Crippen LogP contribution in [0.5, 0.6) is 0 Å². The Kier molecular flexibility index (Phi) is 4.64. The van der Waals surface area contributed by atoms with Gasteiger partial charge in [0.05, 0.1) is 0 Å². The maximum Gasteiger partial charge on any atom is 0.0236 e. The Hall–Kier alpha value is -1.26. The predicted molar refractivity (Wildman–Crippen MR) is 72.6 cm³/mol. The predicted octanol–water partition coefficient (Wildman–Crippen LogP) is 3.45. The average Bonchev–Trinajstić information content (AvgIpc) is 2.39. The Morgan fingerprint density at radius 3 is 2.82 bits per heavy atom. The van der Waals surface area contributed by atoms with Crippen LogP contribution in [0.15, 0.2) is 30.3 Å². The van der Waals surface area contributed by atoms with E-state index in [2.05, 4.69) is 41.2 Å². The zero-order chi connectivity index (χ0) is 11.9. The van der Waals surface area contributed by atoms with Crippen LogP contribution in [0.4, 0.5) is 0 Å². The second-order valence-corrected chi connectivity index (χ2v) is 4.85. The summed E-state index contributed by atoms with van der Waals surface area (Å²) in [5.41, 5.74) is 1.42. The Bertz CT molecular complexity index is 363. The van der Waals surface area contributed by atoms with E-state index in [9.17, 15) is 0 Å². The van der Waals surface area contributed by atoms with Gasteiger partial charge >= 0.3 is 0 Å². The molecule has 1 heterocycles. The number of likely N-dealkylation sites (tertiary alicyclic amines) is 1. The fourth-order valence-electron chi connectivity index (χ4n) is 2.66. The van der Waals surface area contributed by atoms with Crippen molar-refractivity contribution in [2.24, 2.45) is 0 Å². The van der Waals surface area contributed by atoms with Crippen LogP contribution >= 0.6 is 0 Å². The SMILES string of the molecule is C#CCCC1CCCCN1Cc1ccccc1. The molecule has 1 aliphatic rings. The van der Waals surface area contributed by atoms with E-state index in [1.54, 1.807) is 0 Å². The van der Waals surface area contributed by atoms with E-state index < -0.39 is 0 Å². The molecule has 0 N–H and O–H groups in total. The van der Waals surface area contributed by atoms with E-state index in [0.29, 0.717) is 6.04 Å². The Morgan fingerprint density at radius 1 is 1.24 bits per heavy atom. The van der Waals surface area contributed by atoms with Gasteiger partial charge in [0.1, 0.15) is 0 Å². The van der Waals surface area contributed by atoms with Crippen molar-refractivity contribution in [3.63, 3.8) is 0 Å². The van der Waals surface area contributed by atoms with Crippen LogP contribution in [0.1, 0.15) is 37.7 Å². The smallest absolute Gasteiger partial charge is 0.0236 e. The highest BCUT2D eigenvalue weighted by atomic mass is 15.2. The topological polar surface area (TPSA) is 3.24 Å². The molecule has 0 aliphatic carbocycles. The molecule has 0 radical (unpaired) electrons. The number of rotatable bonds is 4. The molecule has 1 aromatic rings. The second kappa shape index (κ2) is 6.47. The molecule has 1 atom stereocenters. The monoisotopic (exact) mass is 227 g/mol. The minimum Gasteiger partial charge on any atom is -0.296 e. The molecule has 2 rings (SSSR count). The van der Waals surface area contributed by atoms with Crippen molar-refractivity contribution >= 4 is 0 Å². The Morgan fingerprint density at radius 2 is 2.06 bits per heavy atom. The van der Waals surface area contributed by atoms with Gasteiger partial charge in [-0.1, -0.05) is 36.8 Å². The average molecular weight is 227 g/mol. The highest BCUT2D eigenvalue weighted by Gasteiger charge is 2.21. The van der Waals surface area contributed by atoms with E-state index in [1.165, 1.54) is 31.4 Å². The molecule has 0 amide bonds. The normalized spacial score (nSPS) is 21.0. The van der Waals surface area contributed by atoms with Gasteiger partial charge < -0.3 is 0 Å². The lowest BCUT2D eigenvalue weighted by Crippen LogP contribution is -2.38. The van der Waals surface area contributed by atoms with Crippen molar-refractivity contribution in [2.45, 2.75) is 44.7 Å². The lowest BCUT2D eigenvalue weighted by molar-refractivity contribution is 0.133. The summed E-state index contributed by atoms with van der Waals surface area (Å²) in [4.78, 5) is 2.61. The molecule has 1 unspecified atom stereocenters. The fourth-order valence-corrected chi connectivity index (χ4v) is 2.66. The summed E-state index contributed by atoms with van der Waals surface area (Å²) in [5.74, 6) is 2.77. The van der Waals surface area contributed by atoms with Crippen molar-refractivity contribution in [1.29, 1.82) is 0 Å². The van der Waals surface area contributed by atoms with Gasteiger partial charge in [0.25, 0.3) is 0 Å². The molecule has 17 heavy (non-hydrogen) atoms. The second-order valence-electron chi connectivity index (χ2n) is 4.85. The van der Waals surface area contributed by atoms with Gasteiger partial charge in [-0.15, -0.1) is 12.3 Å². The lowest BCUT2D eigenvalue weighted by atomic mass is 9.97. The summed E-state index contributed by atoms with van der Waals surface area (Å²) in [6.45, 7) is 2.31. The van der Waals surface area contributed by atoms with Crippen LogP contribution in [-0.4, -0.2) is 17.5 Å². The summed E-state index contributed by atoms with van der Waals surface area (Å²) >= 11 is 0. The van der Waals surface area contributed by atoms with Crippen LogP contribution in [0.3, 0.4) is 0 Å². The molecule has 0 bridgehead atoms. The highest BCUT2D eigenvalue weighted by molar-refractivity contribution is 5.14. The number of piperidine rings is 1. The summed E-state index contributed by atoms with van der Waals surface area (Å²) in [5, 5.41) is 0. The van der Waals surface area contributed by atoms with E-state index in [1.807, 2.05) is 0 Å². The lowest BCUT2D eigenvalue weighted by Gasteiger charge is -2.35. The maximum atomic E-state index is 5.38. The first-order valence-corrected chi connectivity index (χ1v) is 6.61. The van der Waals surface area contributed by atoms with Crippen molar-refractivity contribution < 1.29 is 0 Å². The molecule has 1 saturated heterocycles. The molecule has 1 fully saturated rings. The summed E-state index contributed by atoms with van der Waals surface area (Å²) in [7, 11) is 0. The van der Waals surface area contributed by atoms with Crippen molar-refractivity contribution in [3.05, 3.63) is 35.9 Å². The maximum absolute atomic E-state index is 5.38. The number of terminal acetylenes is 1. The van der Waals surface area contributed by atoms with Crippen LogP contribution in [0, 0.1) is 12.3 Å². The molecule has 90 valence electrons.